The van der Waals surface area contributed by atoms with Crippen LogP contribution < -0.4 is 14.2 Å². The van der Waals surface area contributed by atoms with Gasteiger partial charge in [0.15, 0.2) is 0 Å². The standard InChI is InChI=1S/C39H27F9O9/c40-37(41,42)34(52)16-31(49)23-4-1-7-28(13-23)55-19-22-10-11-26(20-56-29-8-2-5-24(14-29)32(50)17-35(53)38(43,44)45)27(12-22)21-57-30-9-3-6-25(15-30)33(51)18-36(54)39(46,47)48/h1-18,49-51H,19-21H2/b31-16+,32-17-,33-18-. The minimum atomic E-state index is -5.22. The van der Waals surface area contributed by atoms with Crippen molar-refractivity contribution in [1.82, 2.24) is 0 Å². The van der Waals surface area contributed by atoms with E-state index in [1.165, 1.54) is 66.7 Å². The molecule has 18 heteroatoms. The van der Waals surface area contributed by atoms with Crippen molar-refractivity contribution < 1.29 is 83.4 Å². The zero-order valence-electron chi connectivity index (χ0n) is 28.7. The molecule has 0 unspecified atom stereocenters. The van der Waals surface area contributed by atoms with E-state index in [0.717, 1.165) is 6.07 Å². The predicted octanol–water partition coefficient (Wildman–Crippen LogP) is 9.51. The van der Waals surface area contributed by atoms with E-state index >= 15 is 0 Å². The van der Waals surface area contributed by atoms with Crippen LogP contribution in [-0.2, 0) is 34.2 Å². The number of carbonyl (C=O) groups is 3. The van der Waals surface area contributed by atoms with Crippen LogP contribution in [0.4, 0.5) is 39.5 Å². The number of benzene rings is 4. The Kier molecular flexibility index (Phi) is 13.5. The van der Waals surface area contributed by atoms with Crippen molar-refractivity contribution >= 4 is 34.6 Å². The lowest BCUT2D eigenvalue weighted by Gasteiger charge is -2.16. The summed E-state index contributed by atoms with van der Waals surface area (Å²) in [7, 11) is 0. The Hall–Kier alpha value is -6.72. The Morgan fingerprint density at radius 2 is 0.789 bits per heavy atom. The summed E-state index contributed by atoms with van der Waals surface area (Å²) in [6.45, 7) is -0.648. The number of carbonyl (C=O) groups excluding carboxylic acids is 3. The van der Waals surface area contributed by atoms with Gasteiger partial charge in [0.2, 0.25) is 0 Å². The molecule has 0 aliphatic heterocycles. The van der Waals surface area contributed by atoms with E-state index in [4.69, 9.17) is 14.2 Å². The van der Waals surface area contributed by atoms with E-state index in [0.29, 0.717) is 16.7 Å². The van der Waals surface area contributed by atoms with Gasteiger partial charge in [0, 0.05) is 34.9 Å². The van der Waals surface area contributed by atoms with Crippen molar-refractivity contribution in [2.24, 2.45) is 0 Å². The first kappa shape index (κ1) is 43.0. The van der Waals surface area contributed by atoms with Crippen LogP contribution in [0.15, 0.2) is 109 Å². The van der Waals surface area contributed by atoms with Crippen LogP contribution in [0.5, 0.6) is 17.2 Å². The maximum absolute atomic E-state index is 12.7. The second-order valence-electron chi connectivity index (χ2n) is 11.7. The maximum atomic E-state index is 12.7. The van der Waals surface area contributed by atoms with Crippen LogP contribution in [0.1, 0.15) is 33.4 Å². The lowest BCUT2D eigenvalue weighted by Crippen LogP contribution is -2.20. The number of allylic oxidation sites excluding steroid dienone is 3. The van der Waals surface area contributed by atoms with Crippen molar-refractivity contribution in [3.05, 3.63) is 143 Å². The summed E-state index contributed by atoms with van der Waals surface area (Å²) < 4.78 is 131. The number of halogens is 9. The van der Waals surface area contributed by atoms with Crippen LogP contribution in [0.3, 0.4) is 0 Å². The number of hydrogen-bond donors (Lipinski definition) is 3. The third kappa shape index (κ3) is 12.7. The van der Waals surface area contributed by atoms with Gasteiger partial charge in [-0.2, -0.15) is 39.5 Å². The van der Waals surface area contributed by atoms with E-state index in [9.17, 15) is 69.2 Å². The molecule has 0 saturated heterocycles. The fourth-order valence-corrected chi connectivity index (χ4v) is 4.64. The van der Waals surface area contributed by atoms with Crippen molar-refractivity contribution in [2.75, 3.05) is 0 Å². The largest absolute Gasteiger partial charge is 0.507 e. The van der Waals surface area contributed by atoms with Crippen LogP contribution in [-0.4, -0.2) is 51.2 Å². The molecule has 9 nitrogen and oxygen atoms in total. The van der Waals surface area contributed by atoms with Gasteiger partial charge in [0.1, 0.15) is 54.3 Å². The molecule has 57 heavy (non-hydrogen) atoms. The molecule has 0 aliphatic carbocycles. The second-order valence-corrected chi connectivity index (χ2v) is 11.7. The van der Waals surface area contributed by atoms with Gasteiger partial charge in [0.05, 0.1) is 0 Å². The molecule has 3 N–H and O–H groups in total. The van der Waals surface area contributed by atoms with Gasteiger partial charge in [-0.15, -0.1) is 0 Å². The average Bonchev–Trinajstić information content (AvgIpc) is 3.14. The summed E-state index contributed by atoms with van der Waals surface area (Å²) in [6, 6.07) is 20.2. The Labute approximate surface area is 316 Å². The van der Waals surface area contributed by atoms with E-state index in [2.05, 4.69) is 0 Å². The van der Waals surface area contributed by atoms with E-state index in [1.54, 1.807) is 18.2 Å². The van der Waals surface area contributed by atoms with Crippen LogP contribution >= 0.6 is 0 Å². The van der Waals surface area contributed by atoms with E-state index < -0.39 is 53.2 Å². The Morgan fingerprint density at radius 3 is 1.14 bits per heavy atom. The van der Waals surface area contributed by atoms with E-state index in [1.807, 2.05) is 0 Å². The van der Waals surface area contributed by atoms with Gasteiger partial charge < -0.3 is 29.5 Å². The summed E-state index contributed by atoms with van der Waals surface area (Å²) >= 11 is 0. The minimum Gasteiger partial charge on any atom is -0.507 e. The molecule has 0 saturated carbocycles. The van der Waals surface area contributed by atoms with Gasteiger partial charge in [-0.05, 0) is 59.2 Å². The first-order chi connectivity index (χ1) is 26.6. The maximum Gasteiger partial charge on any atom is 0.454 e. The number of ketones is 3. The smallest absolute Gasteiger partial charge is 0.454 e. The van der Waals surface area contributed by atoms with Crippen LogP contribution in [0.2, 0.25) is 0 Å². The fourth-order valence-electron chi connectivity index (χ4n) is 4.64. The summed E-state index contributed by atoms with van der Waals surface area (Å²) in [5.74, 6) is -9.59. The number of ether oxygens (including phenoxy) is 3. The molecule has 0 bridgehead atoms. The topological polar surface area (TPSA) is 140 Å². The lowest BCUT2D eigenvalue weighted by atomic mass is 10.0. The molecule has 300 valence electrons. The Morgan fingerprint density at radius 1 is 0.456 bits per heavy atom. The predicted molar refractivity (Wildman–Crippen MR) is 184 cm³/mol. The third-order valence-electron chi connectivity index (χ3n) is 7.50. The summed E-state index contributed by atoms with van der Waals surface area (Å²) in [5, 5.41) is 30.3. The number of hydrogen-bond acceptors (Lipinski definition) is 9. The van der Waals surface area contributed by atoms with Gasteiger partial charge in [-0.25, -0.2) is 0 Å². The number of alkyl halides is 9. The fraction of sp³-hybridized carbons (Fsp3) is 0.154. The molecule has 0 spiro atoms. The monoisotopic (exact) mass is 810 g/mol. The van der Waals surface area contributed by atoms with Crippen LogP contribution in [0.25, 0.3) is 17.3 Å². The number of aliphatic hydroxyl groups excluding tert-OH is 3. The number of aliphatic hydroxyl groups is 3. The molecule has 4 rings (SSSR count). The van der Waals surface area contributed by atoms with Gasteiger partial charge in [0.25, 0.3) is 17.3 Å². The molecular formula is C39H27F9O9. The highest BCUT2D eigenvalue weighted by Crippen LogP contribution is 2.27. The number of rotatable bonds is 15. The van der Waals surface area contributed by atoms with Crippen molar-refractivity contribution in [2.45, 2.75) is 38.3 Å². The Balaban J connectivity index is 1.58. The van der Waals surface area contributed by atoms with Gasteiger partial charge in [-0.3, -0.25) is 14.4 Å². The quantitative estimate of drug-likeness (QED) is 0.0609. The highest BCUT2D eigenvalue weighted by Gasteiger charge is 2.38. The average molecular weight is 811 g/mol. The molecule has 0 aromatic heterocycles. The molecular weight excluding hydrogens is 783 g/mol. The summed E-state index contributed by atoms with van der Waals surface area (Å²) in [6.07, 6.45) is -15.6. The van der Waals surface area contributed by atoms with Crippen molar-refractivity contribution in [1.29, 1.82) is 0 Å². The zero-order chi connectivity index (χ0) is 42.1. The first-order valence-corrected chi connectivity index (χ1v) is 16.0. The molecule has 4 aromatic rings. The molecule has 0 radical (unpaired) electrons. The molecule has 4 aromatic carbocycles. The van der Waals surface area contributed by atoms with Gasteiger partial charge >= 0.3 is 18.5 Å². The van der Waals surface area contributed by atoms with Crippen molar-refractivity contribution in [3.63, 3.8) is 0 Å². The van der Waals surface area contributed by atoms with Crippen molar-refractivity contribution in [3.8, 4) is 17.2 Å². The normalized spacial score (nSPS) is 12.9. The summed E-state index contributed by atoms with van der Waals surface area (Å²) in [5.41, 5.74) is 0.810. The molecule has 0 aliphatic rings. The molecule has 0 amide bonds. The SMILES string of the molecule is O=C(/C=C(\O)c1cccc(OCc2ccc(COc3cccc(/C(O)=C\C(=O)C(F)(F)F)c3)cc2COc2cccc(/C(O)=C/C(=O)C(F)(F)F)c2)c1)C(F)(F)F. The minimum absolute atomic E-state index is 0.00610. The zero-order valence-corrected chi connectivity index (χ0v) is 28.7. The van der Waals surface area contributed by atoms with E-state index in [-0.39, 0.29) is 72.0 Å². The highest BCUT2D eigenvalue weighted by molar-refractivity contribution is 6.00. The molecule has 0 heterocycles. The van der Waals surface area contributed by atoms with Gasteiger partial charge in [-0.1, -0.05) is 48.5 Å². The lowest BCUT2D eigenvalue weighted by molar-refractivity contribution is -0.165. The first-order valence-electron chi connectivity index (χ1n) is 16.0. The van der Waals surface area contributed by atoms with Crippen LogP contribution in [0, 0.1) is 0 Å². The molecule has 0 fully saturated rings. The highest BCUT2D eigenvalue weighted by atomic mass is 19.4. The second kappa shape index (κ2) is 17.8. The Bertz CT molecular complexity index is 2220. The summed E-state index contributed by atoms with van der Waals surface area (Å²) in [4.78, 5) is 33.9. The third-order valence-corrected chi connectivity index (χ3v) is 7.50. The molecule has 0 atom stereocenters.